The largest absolute Gasteiger partial charge is 0.444 e. The molecule has 0 aliphatic heterocycles. The minimum absolute atomic E-state index is 0.0322. The first-order chi connectivity index (χ1) is 28.8. The molecule has 16 nitrogen and oxygen atoms in total. The van der Waals surface area contributed by atoms with Crippen LogP contribution in [0, 0.1) is 0 Å². The Morgan fingerprint density at radius 1 is 0.516 bits per heavy atom. The summed E-state index contributed by atoms with van der Waals surface area (Å²) in [5.41, 5.74) is 20.8. The van der Waals surface area contributed by atoms with Crippen LogP contribution in [-0.4, -0.2) is 57.4 Å². The number of pyridine rings is 4. The van der Waals surface area contributed by atoms with E-state index in [2.05, 4.69) is 30.6 Å². The van der Waals surface area contributed by atoms with Crippen LogP contribution in [0.15, 0.2) is 49.1 Å². The molecule has 0 bridgehead atoms. The number of carbonyl (C=O) groups excluding carboxylic acids is 2. The van der Waals surface area contributed by atoms with Gasteiger partial charge in [-0.25, -0.2) is 29.5 Å². The molecular formula is C36H44F12N12O4. The molecule has 4 aromatic heterocycles. The molecule has 0 aliphatic rings. The predicted molar refractivity (Wildman–Crippen MR) is 213 cm³/mol. The van der Waals surface area contributed by atoms with Crippen molar-refractivity contribution in [3.63, 3.8) is 0 Å². The van der Waals surface area contributed by atoms with Crippen LogP contribution < -0.4 is 44.2 Å². The summed E-state index contributed by atoms with van der Waals surface area (Å²) >= 11 is 0. The van der Waals surface area contributed by atoms with Gasteiger partial charge in [-0.1, -0.05) is 0 Å². The summed E-state index contributed by atoms with van der Waals surface area (Å²) in [5, 5.41) is 4.85. The fourth-order valence-corrected chi connectivity index (χ4v) is 3.94. The van der Waals surface area contributed by atoms with Gasteiger partial charge in [-0.2, -0.15) is 52.7 Å². The van der Waals surface area contributed by atoms with Gasteiger partial charge in [-0.3, -0.25) is 10.2 Å². The Balaban J connectivity index is 0.000000436. The second kappa shape index (κ2) is 21.0. The molecule has 0 unspecified atom stereocenters. The van der Waals surface area contributed by atoms with Crippen molar-refractivity contribution in [2.75, 3.05) is 58.3 Å². The van der Waals surface area contributed by atoms with Crippen molar-refractivity contribution in [2.24, 2.45) is 0 Å². The molecule has 0 radical (unpaired) electrons. The summed E-state index contributed by atoms with van der Waals surface area (Å²) in [6, 6.07) is 2.82. The number of aromatic nitrogens is 4. The van der Waals surface area contributed by atoms with Crippen molar-refractivity contribution in [1.82, 2.24) is 19.9 Å². The van der Waals surface area contributed by atoms with Gasteiger partial charge < -0.3 is 43.5 Å². The summed E-state index contributed by atoms with van der Waals surface area (Å²) < 4.78 is 156. The van der Waals surface area contributed by atoms with Crippen molar-refractivity contribution in [2.45, 2.75) is 77.4 Å². The molecule has 0 fully saturated rings. The lowest BCUT2D eigenvalue weighted by atomic mass is 10.2. The summed E-state index contributed by atoms with van der Waals surface area (Å²) in [6.45, 7) is 9.98. The van der Waals surface area contributed by atoms with Gasteiger partial charge in [0.05, 0.1) is 70.3 Å². The lowest BCUT2D eigenvalue weighted by Gasteiger charge is -2.25. The zero-order valence-electron chi connectivity index (χ0n) is 34.9. The third kappa shape index (κ3) is 18.6. The van der Waals surface area contributed by atoms with Crippen LogP contribution in [0.3, 0.4) is 0 Å². The van der Waals surface area contributed by atoms with Crippen LogP contribution in [0.4, 0.5) is 108 Å². The average molecular weight is 937 g/mol. The van der Waals surface area contributed by atoms with Crippen LogP contribution in [0.5, 0.6) is 0 Å². The van der Waals surface area contributed by atoms with Gasteiger partial charge in [-0.05, 0) is 65.8 Å². The third-order valence-electron chi connectivity index (χ3n) is 6.85. The number of anilines is 8. The van der Waals surface area contributed by atoms with E-state index in [0.29, 0.717) is 23.9 Å². The first-order valence-corrected chi connectivity index (χ1v) is 17.5. The standard InChI is InChI=1S/C12H16F3N3O2.C11H14F3N3O2.C7H8F3N3.C6H6F3N3/c1-11(2,3)20-10(19)18(4)8-6-17-9(5-7(8)16)12(13,14)15;1-10(2,3)19-9(18)17-7-5-16-8(4-6(7)15)11(12,13)14;1-12-5-3-13-6(2-4(5)11)7(8,9)10;7-6(8,9)5-1-3(10)4(11)2-12-5/h5-6H,1-4H3,(H2,16,17);4-5H,1-3H3,(H2,15,16)(H,17,18);2-3,12H,1H3,(H2,11,13);1-2H,11H2,(H2,10,12). The molecular weight excluding hydrogens is 892 g/mol. The highest BCUT2D eigenvalue weighted by atomic mass is 19.4. The van der Waals surface area contributed by atoms with Crippen LogP contribution >= 0.6 is 0 Å². The smallest absolute Gasteiger partial charge is 0.433 e. The van der Waals surface area contributed by atoms with Gasteiger partial charge in [0.1, 0.15) is 34.0 Å². The Morgan fingerprint density at radius 3 is 1.19 bits per heavy atom. The van der Waals surface area contributed by atoms with Crippen molar-refractivity contribution < 1.29 is 71.7 Å². The third-order valence-corrected chi connectivity index (χ3v) is 6.85. The van der Waals surface area contributed by atoms with Gasteiger partial charge in [0.15, 0.2) is 0 Å². The molecule has 0 spiro atoms. The Kier molecular flexibility index (Phi) is 18.1. The summed E-state index contributed by atoms with van der Waals surface area (Å²) in [7, 11) is 2.90. The average Bonchev–Trinajstić information content (AvgIpc) is 3.11. The number of amides is 2. The number of halogens is 12. The van der Waals surface area contributed by atoms with E-state index in [0.717, 1.165) is 35.8 Å². The zero-order chi connectivity index (χ0) is 50.0. The molecule has 12 N–H and O–H groups in total. The van der Waals surface area contributed by atoms with Gasteiger partial charge in [0.2, 0.25) is 0 Å². The number of hydrogen-bond donors (Lipinski definition) is 7. The van der Waals surface area contributed by atoms with Gasteiger partial charge in [0.25, 0.3) is 0 Å². The van der Waals surface area contributed by atoms with E-state index < -0.39 is 70.9 Å². The first kappa shape index (κ1) is 55.1. The van der Waals surface area contributed by atoms with Crippen molar-refractivity contribution >= 4 is 57.7 Å². The van der Waals surface area contributed by atoms with E-state index in [1.165, 1.54) is 7.05 Å². The predicted octanol–water partition coefficient (Wildman–Crippen LogP) is 9.07. The molecule has 0 atom stereocenters. The molecule has 0 saturated carbocycles. The van der Waals surface area contributed by atoms with E-state index in [4.69, 9.17) is 38.1 Å². The molecule has 0 saturated heterocycles. The maximum Gasteiger partial charge on any atom is 0.433 e. The van der Waals surface area contributed by atoms with Gasteiger partial charge in [0, 0.05) is 14.1 Å². The van der Waals surface area contributed by atoms with Crippen LogP contribution in [0.1, 0.15) is 64.3 Å². The maximum atomic E-state index is 12.5. The van der Waals surface area contributed by atoms with Crippen LogP contribution in [0.2, 0.25) is 0 Å². The Hall–Kier alpha value is -6.90. The van der Waals surface area contributed by atoms with E-state index in [9.17, 15) is 62.3 Å². The number of nitrogens with one attached hydrogen (secondary N) is 2. The van der Waals surface area contributed by atoms with Crippen molar-refractivity contribution in [3.8, 4) is 0 Å². The summed E-state index contributed by atoms with van der Waals surface area (Å²) in [5.74, 6) is 0. The molecule has 4 heterocycles. The Labute approximate surface area is 356 Å². The molecule has 64 heavy (non-hydrogen) atoms. The second-order valence-electron chi connectivity index (χ2n) is 14.5. The first-order valence-electron chi connectivity index (χ1n) is 17.5. The monoisotopic (exact) mass is 936 g/mol. The number of hydrogen-bond acceptors (Lipinski definition) is 14. The summed E-state index contributed by atoms with van der Waals surface area (Å²) in [6.07, 6.45) is -16.0. The SMILES string of the molecule is CC(C)(C)OC(=O)Nc1cnc(C(F)(F)F)cc1N.CN(C(=O)OC(C)(C)C)c1cnc(C(F)(F)F)cc1N.CNc1cnc(C(F)(F)F)cc1N.Nc1cnc(C(F)(F)F)cc1N. The van der Waals surface area contributed by atoms with E-state index in [1.54, 1.807) is 48.6 Å². The Morgan fingerprint density at radius 2 is 0.859 bits per heavy atom. The minimum atomic E-state index is -4.59. The fourth-order valence-electron chi connectivity index (χ4n) is 3.94. The van der Waals surface area contributed by atoms with Gasteiger partial charge in [-0.15, -0.1) is 0 Å². The molecule has 4 aromatic rings. The zero-order valence-corrected chi connectivity index (χ0v) is 34.9. The van der Waals surface area contributed by atoms with E-state index in [1.807, 2.05) is 0 Å². The lowest BCUT2D eigenvalue weighted by molar-refractivity contribution is -0.141. The van der Waals surface area contributed by atoms with Crippen molar-refractivity contribution in [1.29, 1.82) is 0 Å². The number of ether oxygens (including phenoxy) is 2. The lowest BCUT2D eigenvalue weighted by Crippen LogP contribution is -2.34. The molecule has 356 valence electrons. The van der Waals surface area contributed by atoms with Crippen LogP contribution in [0.25, 0.3) is 0 Å². The maximum absolute atomic E-state index is 12.5. The number of carbonyl (C=O) groups is 2. The van der Waals surface area contributed by atoms with Gasteiger partial charge >= 0.3 is 36.9 Å². The molecule has 4 rings (SSSR count). The number of nitrogen functional groups attached to an aromatic ring is 5. The number of nitrogens with zero attached hydrogens (tertiary/aromatic N) is 5. The summed E-state index contributed by atoms with van der Waals surface area (Å²) in [4.78, 5) is 37.0. The number of rotatable bonds is 3. The molecule has 2 amide bonds. The number of alkyl halides is 12. The fraction of sp³-hybridized carbons (Fsp3) is 0.389. The number of nitrogens with two attached hydrogens (primary N) is 5. The highest BCUT2D eigenvalue weighted by Crippen LogP contribution is 2.34. The normalized spacial score (nSPS) is 11.9. The molecule has 28 heteroatoms. The van der Waals surface area contributed by atoms with E-state index >= 15 is 0 Å². The highest BCUT2D eigenvalue weighted by molar-refractivity contribution is 5.91. The van der Waals surface area contributed by atoms with Crippen molar-refractivity contribution in [3.05, 3.63) is 71.8 Å². The van der Waals surface area contributed by atoms with Crippen LogP contribution in [-0.2, 0) is 34.2 Å². The highest BCUT2D eigenvalue weighted by Gasteiger charge is 2.36. The molecule has 0 aliphatic carbocycles. The second-order valence-corrected chi connectivity index (χ2v) is 14.5. The topological polar surface area (TPSA) is 262 Å². The van der Waals surface area contributed by atoms with E-state index in [-0.39, 0.29) is 39.8 Å². The quantitative estimate of drug-likeness (QED) is 0.0946. The minimum Gasteiger partial charge on any atom is -0.444 e. The Bertz CT molecular complexity index is 2210. The molecule has 0 aromatic carbocycles.